The fraction of sp³-hybridized carbons (Fsp3) is 0. The van der Waals surface area contributed by atoms with Crippen LogP contribution in [0.3, 0.4) is 0 Å². The fourth-order valence-corrected chi connectivity index (χ4v) is 7.75. The number of aromatic nitrogens is 3. The van der Waals surface area contributed by atoms with Crippen LogP contribution in [0, 0.1) is 0 Å². The van der Waals surface area contributed by atoms with Gasteiger partial charge in [-0.2, -0.15) is 0 Å². The van der Waals surface area contributed by atoms with Gasteiger partial charge in [-0.3, -0.25) is 0 Å². The molecule has 0 aliphatic heterocycles. The molecule has 3 heterocycles. The molecule has 3 aromatic heterocycles. The molecule has 0 N–H and O–H groups in total. The number of furan rings is 2. The van der Waals surface area contributed by atoms with Crippen LogP contribution in [0.4, 0.5) is 17.1 Å². The summed E-state index contributed by atoms with van der Waals surface area (Å²) in [5.41, 5.74) is 11.1. The zero-order chi connectivity index (χ0) is 37.7. The van der Waals surface area contributed by atoms with Crippen molar-refractivity contribution < 1.29 is 8.83 Å². The Labute approximate surface area is 328 Å². The molecule has 8 aromatic carbocycles. The van der Waals surface area contributed by atoms with Gasteiger partial charge in [0.2, 0.25) is 0 Å². The first kappa shape index (κ1) is 32.6. The van der Waals surface area contributed by atoms with Crippen LogP contribution in [-0.2, 0) is 0 Å². The summed E-state index contributed by atoms with van der Waals surface area (Å²) in [6.07, 6.45) is 0. The van der Waals surface area contributed by atoms with E-state index < -0.39 is 0 Å². The number of anilines is 3. The first-order chi connectivity index (χ1) is 28.2. The van der Waals surface area contributed by atoms with Crippen molar-refractivity contribution in [2.45, 2.75) is 0 Å². The lowest BCUT2D eigenvalue weighted by Gasteiger charge is -2.26. The molecule has 0 bridgehead atoms. The number of hydrogen-bond donors (Lipinski definition) is 0. The molecule has 0 amide bonds. The van der Waals surface area contributed by atoms with Crippen LogP contribution in [0.15, 0.2) is 203 Å². The molecular weight excluding hydrogens is 701 g/mol. The van der Waals surface area contributed by atoms with Gasteiger partial charge in [0, 0.05) is 49.6 Å². The minimum Gasteiger partial charge on any atom is -0.456 e. The molecule has 57 heavy (non-hydrogen) atoms. The maximum atomic E-state index is 6.90. The summed E-state index contributed by atoms with van der Waals surface area (Å²) in [5.74, 6) is 1.80. The first-order valence-corrected chi connectivity index (χ1v) is 18.9. The van der Waals surface area contributed by atoms with Crippen LogP contribution in [0.1, 0.15) is 0 Å². The summed E-state index contributed by atoms with van der Waals surface area (Å²) in [5, 5.41) is 4.15. The van der Waals surface area contributed by atoms with Crippen LogP contribution in [0.2, 0.25) is 0 Å². The molecular formula is C51H32N4O2. The Morgan fingerprint density at radius 1 is 0.316 bits per heavy atom. The van der Waals surface area contributed by atoms with Crippen molar-refractivity contribution in [2.24, 2.45) is 0 Å². The van der Waals surface area contributed by atoms with Gasteiger partial charge in [-0.05, 0) is 65.7 Å². The van der Waals surface area contributed by atoms with E-state index >= 15 is 0 Å². The maximum Gasteiger partial charge on any atom is 0.164 e. The normalized spacial score (nSPS) is 11.5. The van der Waals surface area contributed by atoms with Crippen molar-refractivity contribution in [3.63, 3.8) is 0 Å². The summed E-state index contributed by atoms with van der Waals surface area (Å²) in [7, 11) is 0. The van der Waals surface area contributed by atoms with Crippen molar-refractivity contribution in [1.82, 2.24) is 15.0 Å². The Balaban J connectivity index is 1.08. The van der Waals surface area contributed by atoms with Crippen molar-refractivity contribution in [3.05, 3.63) is 194 Å². The molecule has 11 rings (SSSR count). The molecule has 0 unspecified atom stereocenters. The highest BCUT2D eigenvalue weighted by Crippen LogP contribution is 2.44. The van der Waals surface area contributed by atoms with E-state index in [-0.39, 0.29) is 0 Å². The lowest BCUT2D eigenvalue weighted by atomic mass is 10.0. The predicted molar refractivity (Wildman–Crippen MR) is 231 cm³/mol. The summed E-state index contributed by atoms with van der Waals surface area (Å²) in [4.78, 5) is 17.1. The van der Waals surface area contributed by atoms with Gasteiger partial charge in [0.15, 0.2) is 23.1 Å². The van der Waals surface area contributed by atoms with Gasteiger partial charge in [0.25, 0.3) is 0 Å². The van der Waals surface area contributed by atoms with Gasteiger partial charge in [0.1, 0.15) is 16.7 Å². The Kier molecular flexibility index (Phi) is 7.71. The summed E-state index contributed by atoms with van der Waals surface area (Å²) in [6.45, 7) is 0. The smallest absolute Gasteiger partial charge is 0.164 e. The molecule has 6 heteroatoms. The van der Waals surface area contributed by atoms with Crippen molar-refractivity contribution in [1.29, 1.82) is 0 Å². The molecule has 0 saturated carbocycles. The summed E-state index contributed by atoms with van der Waals surface area (Å²) >= 11 is 0. The second-order valence-electron chi connectivity index (χ2n) is 14.0. The lowest BCUT2D eigenvalue weighted by molar-refractivity contribution is 0.669. The number of rotatable bonds is 7. The zero-order valence-electron chi connectivity index (χ0n) is 30.6. The Hall–Kier alpha value is -7.83. The highest BCUT2D eigenvalue weighted by Gasteiger charge is 2.22. The van der Waals surface area contributed by atoms with Gasteiger partial charge in [-0.1, -0.05) is 140 Å². The van der Waals surface area contributed by atoms with E-state index in [0.717, 1.165) is 83.2 Å². The second-order valence-corrected chi connectivity index (χ2v) is 14.0. The van der Waals surface area contributed by atoms with Gasteiger partial charge >= 0.3 is 0 Å². The van der Waals surface area contributed by atoms with Crippen molar-refractivity contribution in [3.8, 4) is 45.3 Å². The highest BCUT2D eigenvalue weighted by atomic mass is 16.3. The SMILES string of the molecule is c1ccc(-c2ccc(N(c3ccc4oc5ccccc5c4c3)c3cccc4c3oc3cc(-c5nc(-c6ccccc6)nc(-c6ccccc6)n5)ccc34)cc2)cc1. The van der Waals surface area contributed by atoms with Crippen LogP contribution in [0.5, 0.6) is 0 Å². The van der Waals surface area contributed by atoms with E-state index in [1.165, 1.54) is 5.56 Å². The third-order valence-electron chi connectivity index (χ3n) is 10.5. The molecule has 268 valence electrons. The molecule has 0 saturated heterocycles. The number of hydrogen-bond acceptors (Lipinski definition) is 6. The van der Waals surface area contributed by atoms with Crippen LogP contribution < -0.4 is 4.90 Å². The van der Waals surface area contributed by atoms with Crippen LogP contribution in [-0.4, -0.2) is 15.0 Å². The lowest BCUT2D eigenvalue weighted by Crippen LogP contribution is -2.10. The fourth-order valence-electron chi connectivity index (χ4n) is 7.75. The monoisotopic (exact) mass is 732 g/mol. The zero-order valence-corrected chi connectivity index (χ0v) is 30.6. The number of fused-ring (bicyclic) bond motifs is 6. The third-order valence-corrected chi connectivity index (χ3v) is 10.5. The van der Waals surface area contributed by atoms with E-state index in [4.69, 9.17) is 23.8 Å². The standard InChI is InChI=1S/C51H32N4O2/c1-4-13-33(14-5-1)34-23-26-38(27-24-34)55(39-28-30-46-43(32-39)40-19-10-11-22-45(40)56-46)44-21-12-20-42-41-29-25-37(31-47(41)57-48(42)44)51-53-49(35-15-6-2-7-16-35)52-50(54-51)36-17-8-3-9-18-36/h1-32H. The molecule has 0 aliphatic rings. The summed E-state index contributed by atoms with van der Waals surface area (Å²) < 4.78 is 13.1. The molecule has 0 fully saturated rings. The van der Waals surface area contributed by atoms with E-state index in [1.807, 2.05) is 84.9 Å². The molecule has 0 atom stereocenters. The predicted octanol–water partition coefficient (Wildman–Crippen LogP) is 13.8. The number of nitrogens with zero attached hydrogens (tertiary/aromatic N) is 4. The van der Waals surface area contributed by atoms with Gasteiger partial charge in [0.05, 0.1) is 5.69 Å². The topological polar surface area (TPSA) is 68.2 Å². The van der Waals surface area contributed by atoms with Gasteiger partial charge in [-0.25, -0.2) is 15.0 Å². The first-order valence-electron chi connectivity index (χ1n) is 18.9. The van der Waals surface area contributed by atoms with E-state index in [0.29, 0.717) is 17.5 Å². The number of benzene rings is 8. The van der Waals surface area contributed by atoms with Gasteiger partial charge < -0.3 is 13.7 Å². The summed E-state index contributed by atoms with van der Waals surface area (Å²) in [6, 6.07) is 66.3. The molecule has 11 aromatic rings. The van der Waals surface area contributed by atoms with E-state index in [2.05, 4.69) is 114 Å². The van der Waals surface area contributed by atoms with E-state index in [9.17, 15) is 0 Å². The van der Waals surface area contributed by atoms with Crippen LogP contribution >= 0.6 is 0 Å². The Bertz CT molecular complexity index is 3170. The average Bonchev–Trinajstić information content (AvgIpc) is 3.86. The van der Waals surface area contributed by atoms with Gasteiger partial charge in [-0.15, -0.1) is 0 Å². The molecule has 6 nitrogen and oxygen atoms in total. The number of para-hydroxylation sites is 2. The van der Waals surface area contributed by atoms with E-state index in [1.54, 1.807) is 0 Å². The average molecular weight is 733 g/mol. The Morgan fingerprint density at radius 2 is 0.842 bits per heavy atom. The quantitative estimate of drug-likeness (QED) is 0.162. The third kappa shape index (κ3) is 5.79. The minimum absolute atomic E-state index is 0.575. The molecule has 0 radical (unpaired) electrons. The second kappa shape index (κ2) is 13.5. The molecule has 0 spiro atoms. The highest BCUT2D eigenvalue weighted by molar-refractivity contribution is 6.12. The maximum absolute atomic E-state index is 6.90. The van der Waals surface area contributed by atoms with Crippen LogP contribution in [0.25, 0.3) is 89.2 Å². The Morgan fingerprint density at radius 3 is 1.54 bits per heavy atom. The molecule has 0 aliphatic carbocycles. The van der Waals surface area contributed by atoms with Crippen molar-refractivity contribution in [2.75, 3.05) is 4.90 Å². The largest absolute Gasteiger partial charge is 0.456 e. The minimum atomic E-state index is 0.575. The van der Waals surface area contributed by atoms with Crippen molar-refractivity contribution >= 4 is 60.9 Å².